The van der Waals surface area contributed by atoms with Crippen molar-refractivity contribution in [1.29, 1.82) is 0 Å². The number of carbonyl (C=O) groups excluding carboxylic acids is 2. The van der Waals surface area contributed by atoms with E-state index in [1.807, 2.05) is 18.2 Å². The Morgan fingerprint density at radius 2 is 1.56 bits per heavy atom. The predicted octanol–water partition coefficient (Wildman–Crippen LogP) is 5.84. The highest BCUT2D eigenvalue weighted by Gasteiger charge is 2.60. The second-order valence-electron chi connectivity index (χ2n) is 7.43. The number of fused-ring (bicyclic) bond motifs is 1. The maximum absolute atomic E-state index is 14.0. The Hall–Kier alpha value is -2.64. The second-order valence-corrected chi connectivity index (χ2v) is 8.68. The maximum Gasteiger partial charge on any atom is 0.266 e. The van der Waals surface area contributed by atoms with Gasteiger partial charge in [-0.05, 0) is 48.0 Å². The predicted molar refractivity (Wildman–Crippen MR) is 120 cm³/mol. The fourth-order valence-electron chi connectivity index (χ4n) is 4.15. The number of hydroxylamine groups is 1. The fraction of sp³-hybridized carbons (Fsp3) is 0.130. The van der Waals surface area contributed by atoms with Crippen LogP contribution in [-0.4, -0.2) is 17.9 Å². The van der Waals surface area contributed by atoms with Crippen LogP contribution < -0.4 is 9.96 Å². The standard InChI is InChI=1S/C23H14Cl3FN2O3/c24-12-6-8-15(17(26)10-12)20-19-21(32-29(20)13-4-2-1-3-5-13)23(31)28(22(19)30)14-7-9-16(25)18(27)11-14/h1-11,19-21H/t19-,20-,21-/m1/s1. The molecule has 5 nitrogen and oxygen atoms in total. The molecular formula is C23H14Cl3FN2O3. The first kappa shape index (κ1) is 21.2. The van der Waals surface area contributed by atoms with Crippen molar-refractivity contribution >= 4 is 58.0 Å². The first-order valence-electron chi connectivity index (χ1n) is 9.65. The molecule has 3 aromatic rings. The highest BCUT2D eigenvalue weighted by molar-refractivity contribution is 6.35. The lowest BCUT2D eigenvalue weighted by atomic mass is 9.90. The number of para-hydroxylation sites is 1. The Morgan fingerprint density at radius 3 is 2.25 bits per heavy atom. The number of carbonyl (C=O) groups is 2. The van der Waals surface area contributed by atoms with Crippen LogP contribution in [-0.2, 0) is 14.4 Å². The van der Waals surface area contributed by atoms with Gasteiger partial charge in [0.05, 0.1) is 22.4 Å². The Kier molecular flexibility index (Phi) is 5.34. The zero-order chi connectivity index (χ0) is 22.6. The van der Waals surface area contributed by atoms with Crippen molar-refractivity contribution in [2.45, 2.75) is 12.1 Å². The molecule has 0 saturated carbocycles. The Labute approximate surface area is 197 Å². The molecule has 0 radical (unpaired) electrons. The van der Waals surface area contributed by atoms with E-state index in [-0.39, 0.29) is 10.7 Å². The van der Waals surface area contributed by atoms with Gasteiger partial charge in [-0.25, -0.2) is 14.4 Å². The van der Waals surface area contributed by atoms with Crippen molar-refractivity contribution in [3.63, 3.8) is 0 Å². The van der Waals surface area contributed by atoms with E-state index in [1.54, 1.807) is 30.3 Å². The molecule has 2 aliphatic rings. The summed E-state index contributed by atoms with van der Waals surface area (Å²) < 4.78 is 14.0. The van der Waals surface area contributed by atoms with Gasteiger partial charge in [-0.2, -0.15) is 0 Å². The van der Waals surface area contributed by atoms with Gasteiger partial charge in [-0.1, -0.05) is 59.1 Å². The molecule has 9 heteroatoms. The number of anilines is 2. The molecule has 0 N–H and O–H groups in total. The van der Waals surface area contributed by atoms with Crippen LogP contribution in [0, 0.1) is 11.7 Å². The number of amides is 2. The monoisotopic (exact) mass is 490 g/mol. The van der Waals surface area contributed by atoms with Crippen LogP contribution in [0.3, 0.4) is 0 Å². The number of imide groups is 1. The first-order chi connectivity index (χ1) is 15.4. The molecule has 5 rings (SSSR count). The van der Waals surface area contributed by atoms with Crippen LogP contribution in [0.15, 0.2) is 66.7 Å². The summed E-state index contributed by atoms with van der Waals surface area (Å²) in [6.07, 6.45) is -1.10. The van der Waals surface area contributed by atoms with Gasteiger partial charge in [0.1, 0.15) is 11.7 Å². The molecule has 2 amide bonds. The third-order valence-corrected chi connectivity index (χ3v) is 6.44. The van der Waals surface area contributed by atoms with Gasteiger partial charge in [0.2, 0.25) is 5.91 Å². The minimum atomic E-state index is -1.10. The Morgan fingerprint density at radius 1 is 0.812 bits per heavy atom. The molecule has 0 aromatic heterocycles. The largest absolute Gasteiger partial charge is 0.273 e. The van der Waals surface area contributed by atoms with Crippen LogP contribution in [0.4, 0.5) is 15.8 Å². The summed E-state index contributed by atoms with van der Waals surface area (Å²) in [5.41, 5.74) is 1.33. The van der Waals surface area contributed by atoms with Gasteiger partial charge in [0, 0.05) is 10.0 Å². The average molecular weight is 492 g/mol. The van der Waals surface area contributed by atoms with Gasteiger partial charge in [-0.15, -0.1) is 0 Å². The van der Waals surface area contributed by atoms with Crippen LogP contribution in [0.2, 0.25) is 15.1 Å². The number of hydrogen-bond donors (Lipinski definition) is 0. The van der Waals surface area contributed by atoms with Crippen LogP contribution in [0.25, 0.3) is 0 Å². The van der Waals surface area contributed by atoms with Crippen LogP contribution in [0.5, 0.6) is 0 Å². The van der Waals surface area contributed by atoms with Gasteiger partial charge in [0.15, 0.2) is 6.10 Å². The van der Waals surface area contributed by atoms with Crippen molar-refractivity contribution < 1.29 is 18.8 Å². The normalized spacial score (nSPS) is 22.6. The third kappa shape index (κ3) is 3.35. The summed E-state index contributed by atoms with van der Waals surface area (Å²) >= 11 is 18.3. The molecule has 0 unspecified atom stereocenters. The number of halogens is 4. The lowest BCUT2D eigenvalue weighted by molar-refractivity contribution is -0.126. The molecule has 0 bridgehead atoms. The number of benzene rings is 3. The number of rotatable bonds is 3. The molecule has 32 heavy (non-hydrogen) atoms. The summed E-state index contributed by atoms with van der Waals surface area (Å²) in [7, 11) is 0. The molecule has 2 fully saturated rings. The lowest BCUT2D eigenvalue weighted by Crippen LogP contribution is -2.37. The average Bonchev–Trinajstić information content (AvgIpc) is 3.27. The first-order valence-corrected chi connectivity index (χ1v) is 10.8. The highest BCUT2D eigenvalue weighted by atomic mass is 35.5. The smallest absolute Gasteiger partial charge is 0.266 e. The van der Waals surface area contributed by atoms with Crippen molar-refractivity contribution in [3.05, 3.63) is 93.2 Å². The quantitative estimate of drug-likeness (QED) is 0.432. The minimum absolute atomic E-state index is 0.0899. The number of nitrogens with zero attached hydrogens (tertiary/aromatic N) is 2. The van der Waals surface area contributed by atoms with Crippen molar-refractivity contribution in [2.75, 3.05) is 9.96 Å². The zero-order valence-corrected chi connectivity index (χ0v) is 18.5. The zero-order valence-electron chi connectivity index (χ0n) is 16.2. The summed E-state index contributed by atoms with van der Waals surface area (Å²) in [4.78, 5) is 33.7. The van der Waals surface area contributed by atoms with Crippen molar-refractivity contribution in [2.24, 2.45) is 5.92 Å². The molecular weight excluding hydrogens is 478 g/mol. The van der Waals surface area contributed by atoms with E-state index in [2.05, 4.69) is 0 Å². The van der Waals surface area contributed by atoms with Gasteiger partial charge in [-0.3, -0.25) is 14.4 Å². The number of hydrogen-bond acceptors (Lipinski definition) is 4. The minimum Gasteiger partial charge on any atom is -0.273 e. The van der Waals surface area contributed by atoms with Gasteiger partial charge >= 0.3 is 0 Å². The van der Waals surface area contributed by atoms with E-state index < -0.39 is 35.7 Å². The van der Waals surface area contributed by atoms with E-state index >= 15 is 0 Å². The van der Waals surface area contributed by atoms with Gasteiger partial charge < -0.3 is 0 Å². The summed E-state index contributed by atoms with van der Waals surface area (Å²) in [6, 6.07) is 17.1. The van der Waals surface area contributed by atoms with E-state index in [0.717, 1.165) is 11.0 Å². The second kappa shape index (κ2) is 8.05. The molecule has 0 aliphatic carbocycles. The molecule has 3 atom stereocenters. The summed E-state index contributed by atoms with van der Waals surface area (Å²) in [5.74, 6) is -2.74. The van der Waals surface area contributed by atoms with E-state index in [4.69, 9.17) is 39.6 Å². The molecule has 0 spiro atoms. The maximum atomic E-state index is 14.0. The molecule has 2 aliphatic heterocycles. The third-order valence-electron chi connectivity index (χ3n) is 5.57. The molecule has 2 saturated heterocycles. The van der Waals surface area contributed by atoms with Crippen molar-refractivity contribution in [1.82, 2.24) is 0 Å². The van der Waals surface area contributed by atoms with Crippen LogP contribution >= 0.6 is 34.8 Å². The van der Waals surface area contributed by atoms with Gasteiger partial charge in [0.25, 0.3) is 5.91 Å². The van der Waals surface area contributed by atoms with Crippen LogP contribution in [0.1, 0.15) is 11.6 Å². The summed E-state index contributed by atoms with van der Waals surface area (Å²) in [6.45, 7) is 0. The lowest BCUT2D eigenvalue weighted by Gasteiger charge is -2.29. The molecule has 162 valence electrons. The Balaban J connectivity index is 1.61. The van der Waals surface area contributed by atoms with E-state index in [9.17, 15) is 14.0 Å². The SMILES string of the molecule is O=C1[C@@H]2[C@@H](c3ccc(Cl)cc3Cl)N(c3ccccc3)O[C@H]2C(=O)N1c1ccc(Cl)c(F)c1. The molecule has 2 heterocycles. The molecule has 3 aromatic carbocycles. The highest BCUT2D eigenvalue weighted by Crippen LogP contribution is 2.49. The van der Waals surface area contributed by atoms with E-state index in [0.29, 0.717) is 21.3 Å². The van der Waals surface area contributed by atoms with Crippen molar-refractivity contribution in [3.8, 4) is 0 Å². The Bertz CT molecular complexity index is 1240. The fourth-order valence-corrected chi connectivity index (χ4v) is 4.79. The summed E-state index contributed by atoms with van der Waals surface area (Å²) in [5, 5.41) is 2.20. The van der Waals surface area contributed by atoms with E-state index in [1.165, 1.54) is 17.2 Å². The topological polar surface area (TPSA) is 49.9 Å².